The molecule has 114 valence electrons. The van der Waals surface area contributed by atoms with E-state index in [2.05, 4.69) is 44.8 Å². The molecular weight excluding hydrogens is 254 g/mol. The van der Waals surface area contributed by atoms with Crippen molar-refractivity contribution < 1.29 is 5.11 Å². The molecule has 0 spiro atoms. The number of hydrogen-bond donors (Lipinski definition) is 2. The zero-order chi connectivity index (χ0) is 14.3. The van der Waals surface area contributed by atoms with Crippen molar-refractivity contribution in [3.8, 4) is 0 Å². The molecule has 0 amide bonds. The Morgan fingerprint density at radius 3 is 2.68 bits per heavy atom. The Kier molecular flexibility index (Phi) is 7.78. The van der Waals surface area contributed by atoms with Crippen molar-refractivity contribution in [3.05, 3.63) is 0 Å². The minimum atomic E-state index is -0.103. The van der Waals surface area contributed by atoms with Crippen LogP contribution in [0, 0.1) is 5.92 Å². The van der Waals surface area contributed by atoms with E-state index in [9.17, 15) is 5.11 Å². The van der Waals surface area contributed by atoms with E-state index in [1.54, 1.807) is 0 Å². The molecule has 0 radical (unpaired) electrons. The van der Waals surface area contributed by atoms with Gasteiger partial charge in [0.2, 0.25) is 0 Å². The summed E-state index contributed by atoms with van der Waals surface area (Å²) in [5.74, 6) is 2.17. The van der Waals surface area contributed by atoms with Crippen molar-refractivity contribution >= 4 is 11.8 Å². The highest BCUT2D eigenvalue weighted by Crippen LogP contribution is 2.32. The van der Waals surface area contributed by atoms with Crippen LogP contribution in [-0.2, 0) is 0 Å². The van der Waals surface area contributed by atoms with Crippen molar-refractivity contribution in [1.82, 2.24) is 5.32 Å². The normalized spacial score (nSPS) is 27.5. The molecular formula is C16H33NOS. The molecule has 0 saturated heterocycles. The van der Waals surface area contributed by atoms with Gasteiger partial charge in [-0.05, 0) is 44.3 Å². The Hall–Kier alpha value is 0.270. The van der Waals surface area contributed by atoms with E-state index in [1.807, 2.05) is 0 Å². The van der Waals surface area contributed by atoms with Gasteiger partial charge in [0.1, 0.15) is 0 Å². The van der Waals surface area contributed by atoms with Crippen LogP contribution in [0.4, 0.5) is 0 Å². The van der Waals surface area contributed by atoms with E-state index in [1.165, 1.54) is 37.9 Å². The van der Waals surface area contributed by atoms with Gasteiger partial charge >= 0.3 is 0 Å². The molecule has 19 heavy (non-hydrogen) atoms. The summed E-state index contributed by atoms with van der Waals surface area (Å²) < 4.78 is 0. The van der Waals surface area contributed by atoms with Crippen molar-refractivity contribution in [3.63, 3.8) is 0 Å². The second kappa shape index (κ2) is 8.53. The largest absolute Gasteiger partial charge is 0.394 e. The number of nitrogens with one attached hydrogen (secondary N) is 1. The first kappa shape index (κ1) is 17.3. The van der Waals surface area contributed by atoms with Crippen LogP contribution in [0.3, 0.4) is 0 Å². The van der Waals surface area contributed by atoms with Crippen LogP contribution in [0.2, 0.25) is 0 Å². The number of hydrogen-bond acceptors (Lipinski definition) is 3. The quantitative estimate of drug-likeness (QED) is 0.666. The van der Waals surface area contributed by atoms with Crippen LogP contribution in [0.1, 0.15) is 66.2 Å². The summed E-state index contributed by atoms with van der Waals surface area (Å²) >= 11 is 2.16. The Morgan fingerprint density at radius 1 is 1.37 bits per heavy atom. The lowest BCUT2D eigenvalue weighted by Crippen LogP contribution is -2.49. The first-order chi connectivity index (χ1) is 8.95. The van der Waals surface area contributed by atoms with Gasteiger partial charge in [0, 0.05) is 16.8 Å². The first-order valence-corrected chi connectivity index (χ1v) is 9.00. The van der Waals surface area contributed by atoms with Gasteiger partial charge in [-0.1, -0.05) is 33.6 Å². The van der Waals surface area contributed by atoms with Crippen LogP contribution in [-0.4, -0.2) is 34.3 Å². The molecule has 3 heteroatoms. The Labute approximate surface area is 124 Å². The molecule has 3 atom stereocenters. The SMILES string of the molecule is CC1CCCC(SCCCC(C)(CO)NC(C)C)C1. The third-order valence-corrected chi connectivity index (χ3v) is 5.52. The molecule has 0 aromatic heterocycles. The van der Waals surface area contributed by atoms with Crippen LogP contribution >= 0.6 is 11.8 Å². The molecule has 2 N–H and O–H groups in total. The topological polar surface area (TPSA) is 32.3 Å². The van der Waals surface area contributed by atoms with Gasteiger partial charge in [0.25, 0.3) is 0 Å². The maximum absolute atomic E-state index is 9.55. The number of aliphatic hydroxyl groups is 1. The van der Waals surface area contributed by atoms with Gasteiger partial charge < -0.3 is 10.4 Å². The van der Waals surface area contributed by atoms with Gasteiger partial charge in [-0.15, -0.1) is 0 Å². The van der Waals surface area contributed by atoms with Gasteiger partial charge in [0.15, 0.2) is 0 Å². The number of aliphatic hydroxyl groups excluding tert-OH is 1. The molecule has 0 bridgehead atoms. The van der Waals surface area contributed by atoms with Gasteiger partial charge in [0.05, 0.1) is 6.61 Å². The highest BCUT2D eigenvalue weighted by atomic mass is 32.2. The lowest BCUT2D eigenvalue weighted by Gasteiger charge is -2.31. The monoisotopic (exact) mass is 287 g/mol. The summed E-state index contributed by atoms with van der Waals surface area (Å²) in [6.45, 7) is 9.05. The summed E-state index contributed by atoms with van der Waals surface area (Å²) in [6.07, 6.45) is 7.94. The second-order valence-corrected chi connectivity index (χ2v) is 8.29. The van der Waals surface area contributed by atoms with Crippen molar-refractivity contribution in [2.75, 3.05) is 12.4 Å². The van der Waals surface area contributed by atoms with Crippen LogP contribution in [0.25, 0.3) is 0 Å². The molecule has 1 rings (SSSR count). The van der Waals surface area contributed by atoms with Gasteiger partial charge in [-0.3, -0.25) is 0 Å². The fourth-order valence-corrected chi connectivity index (χ4v) is 4.58. The first-order valence-electron chi connectivity index (χ1n) is 7.95. The minimum Gasteiger partial charge on any atom is -0.394 e. The zero-order valence-electron chi connectivity index (χ0n) is 13.2. The maximum atomic E-state index is 9.55. The molecule has 3 unspecified atom stereocenters. The fourth-order valence-electron chi connectivity index (χ4n) is 3.14. The molecule has 1 aliphatic carbocycles. The Morgan fingerprint density at radius 2 is 2.11 bits per heavy atom. The van der Waals surface area contributed by atoms with Crippen LogP contribution < -0.4 is 5.32 Å². The van der Waals surface area contributed by atoms with Crippen LogP contribution in [0.15, 0.2) is 0 Å². The predicted molar refractivity (Wildman–Crippen MR) is 86.9 cm³/mol. The van der Waals surface area contributed by atoms with E-state index in [0.717, 1.165) is 17.6 Å². The summed E-state index contributed by atoms with van der Waals surface area (Å²) in [5.41, 5.74) is -0.103. The fraction of sp³-hybridized carbons (Fsp3) is 1.00. The van der Waals surface area contributed by atoms with E-state index in [0.29, 0.717) is 6.04 Å². The molecule has 1 saturated carbocycles. The second-order valence-electron chi connectivity index (χ2n) is 6.89. The molecule has 0 aromatic rings. The standard InChI is InChI=1S/C16H33NOS/c1-13(2)17-16(4,12-18)9-6-10-19-15-8-5-7-14(3)11-15/h13-15,17-18H,5-12H2,1-4H3. The van der Waals surface area contributed by atoms with Crippen molar-refractivity contribution in [2.45, 2.75) is 83.1 Å². The van der Waals surface area contributed by atoms with E-state index >= 15 is 0 Å². The number of thioether (sulfide) groups is 1. The third-order valence-electron chi connectivity index (χ3n) is 4.10. The van der Waals surface area contributed by atoms with Gasteiger partial charge in [-0.25, -0.2) is 0 Å². The highest BCUT2D eigenvalue weighted by Gasteiger charge is 2.24. The zero-order valence-corrected chi connectivity index (χ0v) is 14.1. The van der Waals surface area contributed by atoms with Crippen LogP contribution in [0.5, 0.6) is 0 Å². The lowest BCUT2D eigenvalue weighted by atomic mass is 9.91. The molecule has 2 nitrogen and oxygen atoms in total. The summed E-state index contributed by atoms with van der Waals surface area (Å²) in [5, 5.41) is 13.9. The highest BCUT2D eigenvalue weighted by molar-refractivity contribution is 7.99. The summed E-state index contributed by atoms with van der Waals surface area (Å²) in [4.78, 5) is 0. The smallest absolute Gasteiger partial charge is 0.0610 e. The molecule has 0 aliphatic heterocycles. The van der Waals surface area contributed by atoms with Crippen molar-refractivity contribution in [2.24, 2.45) is 5.92 Å². The predicted octanol–water partition coefficient (Wildman–Crippen LogP) is 3.83. The van der Waals surface area contributed by atoms with Gasteiger partial charge in [-0.2, -0.15) is 11.8 Å². The Bertz CT molecular complexity index is 247. The Balaban J connectivity index is 2.18. The van der Waals surface area contributed by atoms with E-state index in [4.69, 9.17) is 0 Å². The van der Waals surface area contributed by atoms with E-state index < -0.39 is 0 Å². The number of rotatable bonds is 8. The lowest BCUT2D eigenvalue weighted by molar-refractivity contribution is 0.156. The minimum absolute atomic E-state index is 0.103. The summed E-state index contributed by atoms with van der Waals surface area (Å²) in [6, 6.07) is 0.434. The average Bonchev–Trinajstić information content (AvgIpc) is 2.34. The molecule has 0 aromatic carbocycles. The molecule has 1 aliphatic rings. The third kappa shape index (κ3) is 7.01. The summed E-state index contributed by atoms with van der Waals surface area (Å²) in [7, 11) is 0. The average molecular weight is 288 g/mol. The molecule has 0 heterocycles. The maximum Gasteiger partial charge on any atom is 0.0610 e. The molecule has 1 fully saturated rings. The van der Waals surface area contributed by atoms with Crippen molar-refractivity contribution in [1.29, 1.82) is 0 Å². The van der Waals surface area contributed by atoms with E-state index in [-0.39, 0.29) is 12.1 Å².